The minimum atomic E-state index is -1.51. The van der Waals surface area contributed by atoms with E-state index in [0.29, 0.717) is 91.7 Å². The number of carbonyl (C=O) groups is 3. The molecule has 3 aromatic carbocycles. The zero-order valence-corrected chi connectivity index (χ0v) is 47.6. The van der Waals surface area contributed by atoms with Crippen LogP contribution >= 0.6 is 0 Å². The maximum absolute atomic E-state index is 14.0. The van der Waals surface area contributed by atoms with E-state index in [1.807, 2.05) is 36.4 Å². The molecule has 81 heavy (non-hydrogen) atoms. The lowest BCUT2D eigenvalue weighted by Gasteiger charge is -2.49. The lowest BCUT2D eigenvalue weighted by molar-refractivity contribution is -0.151. The van der Waals surface area contributed by atoms with Crippen molar-refractivity contribution in [3.05, 3.63) is 89.5 Å². The summed E-state index contributed by atoms with van der Waals surface area (Å²) in [5.74, 6) is 1.89. The molecule has 6 aliphatic heterocycles. The Morgan fingerprint density at radius 2 is 0.593 bits per heavy atom. The molecule has 15 rings (SSSR count). The molecular weight excluding hydrogens is 1030 g/mol. The van der Waals surface area contributed by atoms with E-state index in [0.717, 1.165) is 153 Å². The zero-order chi connectivity index (χ0) is 55.9. The van der Waals surface area contributed by atoms with Gasteiger partial charge in [0.25, 0.3) is 17.7 Å². The largest absolute Gasteiger partial charge is 0.508 e. The molecule has 6 heterocycles. The van der Waals surface area contributed by atoms with E-state index in [2.05, 4.69) is 32.9 Å². The molecular formula is C66H87F3N6O6. The van der Waals surface area contributed by atoms with E-state index < -0.39 is 17.0 Å². The molecule has 3 aromatic rings. The molecule has 6 saturated carbocycles. The molecule has 3 amide bonds. The van der Waals surface area contributed by atoms with Crippen molar-refractivity contribution in [1.82, 2.24) is 29.4 Å². The van der Waals surface area contributed by atoms with Crippen LogP contribution in [0.3, 0.4) is 0 Å². The van der Waals surface area contributed by atoms with Gasteiger partial charge in [0, 0.05) is 73.6 Å². The quantitative estimate of drug-likeness (QED) is 0.192. The number of phenols is 3. The maximum Gasteiger partial charge on any atom is 0.260 e. The first-order chi connectivity index (χ1) is 38.9. The van der Waals surface area contributed by atoms with Gasteiger partial charge in [0.05, 0.1) is 0 Å². The Kier molecular flexibility index (Phi) is 14.6. The molecule has 6 saturated heterocycles. The summed E-state index contributed by atoms with van der Waals surface area (Å²) >= 11 is 0. The molecule has 12 fully saturated rings. The Bertz CT molecular complexity index is 2500. The molecule has 0 radical (unpaired) electrons. The second kappa shape index (κ2) is 21.3. The summed E-state index contributed by atoms with van der Waals surface area (Å²) in [6.07, 6.45) is 19.6. The van der Waals surface area contributed by atoms with E-state index >= 15 is 0 Å². The van der Waals surface area contributed by atoms with Crippen molar-refractivity contribution in [2.24, 2.45) is 16.2 Å². The molecule has 0 bridgehead atoms. The number of para-hydroxylation sites is 3. The van der Waals surface area contributed by atoms with Gasteiger partial charge in [0.2, 0.25) is 0 Å². The van der Waals surface area contributed by atoms with Gasteiger partial charge in [0.1, 0.15) is 17.2 Å². The third-order valence-electron chi connectivity index (χ3n) is 22.5. The third-order valence-corrected chi connectivity index (χ3v) is 22.5. The Hall–Kier alpha value is -4.86. The summed E-state index contributed by atoms with van der Waals surface area (Å²) in [6, 6.07) is 25.0. The number of aromatic hydroxyl groups is 3. The predicted octanol–water partition coefficient (Wildman–Crippen LogP) is 10.4. The van der Waals surface area contributed by atoms with Gasteiger partial charge in [-0.1, -0.05) is 54.6 Å². The van der Waals surface area contributed by atoms with Crippen LogP contribution in [-0.4, -0.2) is 176 Å². The fraction of sp³-hybridized carbons (Fsp3) is 0.682. The van der Waals surface area contributed by atoms with Crippen LogP contribution in [0, 0.1) is 16.2 Å². The number of halogens is 3. The zero-order valence-electron chi connectivity index (χ0n) is 47.6. The van der Waals surface area contributed by atoms with Gasteiger partial charge in [-0.2, -0.15) is 0 Å². The highest BCUT2D eigenvalue weighted by atomic mass is 19.2. The molecule has 15 heteroatoms. The minimum absolute atomic E-state index is 0.250. The second-order valence-corrected chi connectivity index (χ2v) is 28.2. The van der Waals surface area contributed by atoms with Crippen molar-refractivity contribution in [3.8, 4) is 17.2 Å². The molecule has 12 nitrogen and oxygen atoms in total. The number of amides is 3. The third kappa shape index (κ3) is 11.1. The van der Waals surface area contributed by atoms with E-state index in [1.165, 1.54) is 38.5 Å². The lowest BCUT2D eigenvalue weighted by Crippen LogP contribution is -2.60. The first kappa shape index (κ1) is 55.3. The number of hydrogen-bond acceptors (Lipinski definition) is 9. The number of rotatable bonds is 9. The Morgan fingerprint density at radius 3 is 0.815 bits per heavy atom. The van der Waals surface area contributed by atoms with Crippen LogP contribution in [0.4, 0.5) is 13.2 Å². The van der Waals surface area contributed by atoms with Crippen LogP contribution in [0.5, 0.6) is 17.2 Å². The van der Waals surface area contributed by atoms with Gasteiger partial charge in [-0.05, 0) is 227 Å². The van der Waals surface area contributed by atoms with Crippen molar-refractivity contribution in [2.75, 3.05) is 78.5 Å². The summed E-state index contributed by atoms with van der Waals surface area (Å²) < 4.78 is 42.0. The van der Waals surface area contributed by atoms with E-state index in [-0.39, 0.29) is 34.0 Å². The highest BCUT2D eigenvalue weighted by molar-refractivity contribution is 5.90. The van der Waals surface area contributed by atoms with Crippen molar-refractivity contribution in [1.29, 1.82) is 0 Å². The van der Waals surface area contributed by atoms with Crippen LogP contribution in [0.1, 0.15) is 169 Å². The van der Waals surface area contributed by atoms with Crippen LogP contribution in [0.2, 0.25) is 0 Å². The molecule has 3 atom stereocenters. The van der Waals surface area contributed by atoms with Crippen molar-refractivity contribution in [2.45, 2.75) is 188 Å². The standard InChI is InChI=1S/3C22H29FN2O2/c3*23-22(9-10-22)20(27)25-14-21(15-25)8-5-17(13-21)24-11-6-16(7-12-24)18-3-1-2-4-19(18)26/h3*1-4,16-17,26H,5-15H2/t2*17-;/m10./s1. The highest BCUT2D eigenvalue weighted by Gasteiger charge is 2.61. The Balaban J connectivity index is 0.000000114. The van der Waals surface area contributed by atoms with Crippen LogP contribution in [0.25, 0.3) is 0 Å². The predicted molar refractivity (Wildman–Crippen MR) is 304 cm³/mol. The first-order valence-corrected chi connectivity index (χ1v) is 31.5. The number of alkyl halides is 3. The number of phenolic OH excluding ortho intramolecular Hbond substituents is 3. The topological polar surface area (TPSA) is 131 Å². The van der Waals surface area contributed by atoms with Crippen LogP contribution in [0.15, 0.2) is 72.8 Å². The lowest BCUT2D eigenvalue weighted by atomic mass is 9.77. The van der Waals surface area contributed by atoms with E-state index in [9.17, 15) is 42.9 Å². The number of likely N-dealkylation sites (tertiary alicyclic amines) is 6. The SMILES string of the molecule is O=C(N1CC2(CCC(N3CCC(c4ccccc4O)CC3)C2)C1)C1(F)CC1.O=C(N1CC2(CC[C@@H](N3CCC(c4ccccc4O)CC3)C2)C1)C1(F)CC1.O=C(N1CC2(CC[C@H](N3CCC(c4ccccc4O)CC3)C2)C1)C1(F)CC1. The van der Waals surface area contributed by atoms with Gasteiger partial charge >= 0.3 is 0 Å². The smallest absolute Gasteiger partial charge is 0.260 e. The van der Waals surface area contributed by atoms with Gasteiger partial charge in [-0.25, -0.2) is 13.2 Å². The highest BCUT2D eigenvalue weighted by Crippen LogP contribution is 2.54. The van der Waals surface area contributed by atoms with Crippen molar-refractivity contribution >= 4 is 17.7 Å². The van der Waals surface area contributed by atoms with Crippen LogP contribution < -0.4 is 0 Å². The fourth-order valence-corrected chi connectivity index (χ4v) is 17.1. The molecule has 12 aliphatic rings. The summed E-state index contributed by atoms with van der Waals surface area (Å²) in [4.78, 5) is 49.6. The molecule has 3 N–H and O–H groups in total. The number of piperidine rings is 3. The Morgan fingerprint density at radius 1 is 0.358 bits per heavy atom. The Labute approximate surface area is 477 Å². The molecule has 438 valence electrons. The van der Waals surface area contributed by atoms with E-state index in [4.69, 9.17) is 0 Å². The van der Waals surface area contributed by atoms with Gasteiger partial charge in [-0.15, -0.1) is 0 Å². The summed E-state index contributed by atoms with van der Waals surface area (Å²) in [5.41, 5.74) is -0.505. The van der Waals surface area contributed by atoms with Gasteiger partial charge < -0.3 is 44.7 Å². The van der Waals surface area contributed by atoms with E-state index in [1.54, 1.807) is 32.9 Å². The second-order valence-electron chi connectivity index (χ2n) is 28.2. The number of carbonyl (C=O) groups excluding carboxylic acids is 3. The number of hydrogen-bond donors (Lipinski definition) is 3. The summed E-state index contributed by atoms with van der Waals surface area (Å²) in [5, 5.41) is 30.3. The maximum atomic E-state index is 14.0. The molecule has 3 spiro atoms. The minimum Gasteiger partial charge on any atom is -0.508 e. The van der Waals surface area contributed by atoms with Crippen molar-refractivity contribution < 1.29 is 42.9 Å². The number of nitrogens with zero attached hydrogens (tertiary/aromatic N) is 6. The van der Waals surface area contributed by atoms with Gasteiger partial charge in [-0.3, -0.25) is 14.4 Å². The first-order valence-electron chi connectivity index (χ1n) is 31.5. The molecule has 0 aromatic heterocycles. The monoisotopic (exact) mass is 1120 g/mol. The fourth-order valence-electron chi connectivity index (χ4n) is 17.1. The van der Waals surface area contributed by atoms with Gasteiger partial charge in [0.15, 0.2) is 17.0 Å². The summed E-state index contributed by atoms with van der Waals surface area (Å²) in [6.45, 7) is 11.1. The normalized spacial score (nSPS) is 29.7. The average Bonchev–Trinajstić information content (AvgIpc) is 3.88. The van der Waals surface area contributed by atoms with Crippen molar-refractivity contribution in [3.63, 3.8) is 0 Å². The summed E-state index contributed by atoms with van der Waals surface area (Å²) in [7, 11) is 0. The number of benzene rings is 3. The van der Waals surface area contributed by atoms with Crippen LogP contribution in [-0.2, 0) is 14.4 Å². The molecule has 1 unspecified atom stereocenters. The average molecular weight is 1120 g/mol. The molecule has 6 aliphatic carbocycles.